The molecule has 0 bridgehead atoms. The number of ether oxygens (including phenoxy) is 1. The van der Waals surface area contributed by atoms with Crippen molar-refractivity contribution in [1.29, 1.82) is 0 Å². The molecule has 1 aliphatic heterocycles. The number of hydrogen-bond acceptors (Lipinski definition) is 4. The lowest BCUT2D eigenvalue weighted by Crippen LogP contribution is -2.50. The van der Waals surface area contributed by atoms with Crippen molar-refractivity contribution in [2.45, 2.75) is 13.8 Å². The molecule has 160 valence electrons. The van der Waals surface area contributed by atoms with E-state index in [1.807, 2.05) is 30.9 Å². The van der Waals surface area contributed by atoms with Gasteiger partial charge < -0.3 is 19.9 Å². The van der Waals surface area contributed by atoms with E-state index in [4.69, 9.17) is 27.9 Å². The maximum Gasteiger partial charge on any atom is 0.255 e. The molecule has 1 heterocycles. The van der Waals surface area contributed by atoms with Gasteiger partial charge in [-0.1, -0.05) is 37.0 Å². The Hall–Kier alpha value is -2.44. The fourth-order valence-electron chi connectivity index (χ4n) is 3.38. The van der Waals surface area contributed by atoms with E-state index < -0.39 is 0 Å². The number of carbonyl (C=O) groups excluding carboxylic acids is 2. The summed E-state index contributed by atoms with van der Waals surface area (Å²) in [5.74, 6) is 0.404. The molecule has 0 aliphatic carbocycles. The van der Waals surface area contributed by atoms with Crippen LogP contribution in [0.1, 0.15) is 24.2 Å². The summed E-state index contributed by atoms with van der Waals surface area (Å²) >= 11 is 12.6. The second-order valence-electron chi connectivity index (χ2n) is 7.44. The highest BCUT2D eigenvalue weighted by molar-refractivity contribution is 6.34. The maximum atomic E-state index is 12.5. The second kappa shape index (κ2) is 9.58. The molecule has 6 nitrogen and oxygen atoms in total. The minimum absolute atomic E-state index is 0.00335. The number of nitrogens with one attached hydrogen (secondary N) is 1. The first-order valence-corrected chi connectivity index (χ1v) is 10.5. The highest BCUT2D eigenvalue weighted by Crippen LogP contribution is 2.30. The molecule has 2 aromatic carbocycles. The van der Waals surface area contributed by atoms with Crippen molar-refractivity contribution in [3.05, 3.63) is 52.0 Å². The molecule has 1 N–H and O–H groups in total. The van der Waals surface area contributed by atoms with Crippen LogP contribution in [0, 0.1) is 5.92 Å². The van der Waals surface area contributed by atoms with Crippen molar-refractivity contribution in [3.8, 4) is 5.75 Å². The van der Waals surface area contributed by atoms with Crippen LogP contribution in [0.15, 0.2) is 36.4 Å². The Morgan fingerprint density at radius 3 is 2.27 bits per heavy atom. The zero-order valence-electron chi connectivity index (χ0n) is 17.2. The van der Waals surface area contributed by atoms with Gasteiger partial charge in [0, 0.05) is 43.3 Å². The summed E-state index contributed by atoms with van der Waals surface area (Å²) in [6.07, 6.45) is 0. The van der Waals surface area contributed by atoms with Crippen molar-refractivity contribution in [3.63, 3.8) is 0 Å². The van der Waals surface area contributed by atoms with Gasteiger partial charge in [-0.3, -0.25) is 9.59 Å². The molecule has 0 saturated carbocycles. The van der Waals surface area contributed by atoms with Crippen molar-refractivity contribution in [2.75, 3.05) is 43.5 Å². The Morgan fingerprint density at radius 2 is 1.70 bits per heavy atom. The first kappa shape index (κ1) is 22.2. The molecule has 2 aromatic rings. The monoisotopic (exact) mass is 449 g/mol. The van der Waals surface area contributed by atoms with Crippen molar-refractivity contribution in [2.24, 2.45) is 5.92 Å². The van der Waals surface area contributed by atoms with Crippen LogP contribution in [-0.4, -0.2) is 50.0 Å². The number of piperazine rings is 1. The lowest BCUT2D eigenvalue weighted by atomic mass is 10.1. The summed E-state index contributed by atoms with van der Waals surface area (Å²) in [7, 11) is 1.52. The lowest BCUT2D eigenvalue weighted by molar-refractivity contribution is -0.134. The van der Waals surface area contributed by atoms with E-state index in [1.54, 1.807) is 24.3 Å². The van der Waals surface area contributed by atoms with E-state index in [9.17, 15) is 9.59 Å². The number of rotatable bonds is 5. The molecule has 1 fully saturated rings. The van der Waals surface area contributed by atoms with Crippen LogP contribution in [0.3, 0.4) is 0 Å². The molecule has 3 rings (SSSR count). The fraction of sp³-hybridized carbons (Fsp3) is 0.364. The molecule has 1 saturated heterocycles. The van der Waals surface area contributed by atoms with Crippen LogP contribution in [0.5, 0.6) is 5.75 Å². The van der Waals surface area contributed by atoms with Crippen molar-refractivity contribution in [1.82, 2.24) is 4.90 Å². The molecule has 2 amide bonds. The van der Waals surface area contributed by atoms with Gasteiger partial charge in [-0.05, 0) is 36.4 Å². The van der Waals surface area contributed by atoms with Gasteiger partial charge in [-0.15, -0.1) is 0 Å². The first-order valence-electron chi connectivity index (χ1n) is 9.78. The van der Waals surface area contributed by atoms with Crippen molar-refractivity contribution < 1.29 is 14.3 Å². The van der Waals surface area contributed by atoms with Gasteiger partial charge in [0.2, 0.25) is 5.91 Å². The fourth-order valence-corrected chi connectivity index (χ4v) is 3.94. The predicted octanol–water partition coefficient (Wildman–Crippen LogP) is 4.56. The molecule has 0 spiro atoms. The summed E-state index contributed by atoms with van der Waals surface area (Å²) in [5.41, 5.74) is 1.90. The minimum Gasteiger partial charge on any atom is -0.495 e. The van der Waals surface area contributed by atoms with Crippen LogP contribution in [-0.2, 0) is 4.79 Å². The average Bonchev–Trinajstić information content (AvgIpc) is 2.73. The van der Waals surface area contributed by atoms with Gasteiger partial charge in [0.1, 0.15) is 5.75 Å². The number of hydrogen-bond donors (Lipinski definition) is 1. The molecular formula is C22H25Cl2N3O3. The molecule has 30 heavy (non-hydrogen) atoms. The second-order valence-corrected chi connectivity index (χ2v) is 8.25. The lowest BCUT2D eigenvalue weighted by Gasteiger charge is -2.37. The van der Waals surface area contributed by atoms with Crippen LogP contribution >= 0.6 is 23.2 Å². The number of nitrogens with zero attached hydrogens (tertiary/aromatic N) is 2. The normalized spacial score (nSPS) is 14.1. The summed E-state index contributed by atoms with van der Waals surface area (Å²) in [5, 5.41) is 3.75. The standard InChI is InChI=1S/C22H25Cl2N3O3/c1-14(2)22(29)27-10-8-26(9-11-27)19-6-5-16(13-17(19)23)25-21(28)15-4-7-20(30-3)18(24)12-15/h4-7,12-14H,8-11H2,1-3H3,(H,25,28). The number of carbonyl (C=O) groups is 2. The van der Waals surface area contributed by atoms with E-state index in [0.717, 1.165) is 5.69 Å². The number of benzene rings is 2. The Bertz CT molecular complexity index is 941. The Kier molecular flexibility index (Phi) is 7.10. The third kappa shape index (κ3) is 4.99. The maximum absolute atomic E-state index is 12.5. The summed E-state index contributed by atoms with van der Waals surface area (Å²) < 4.78 is 5.11. The van der Waals surface area contributed by atoms with Crippen LogP contribution in [0.2, 0.25) is 10.0 Å². The van der Waals surface area contributed by atoms with Crippen molar-refractivity contribution >= 4 is 46.4 Å². The summed E-state index contributed by atoms with van der Waals surface area (Å²) in [4.78, 5) is 28.7. The largest absolute Gasteiger partial charge is 0.495 e. The highest BCUT2D eigenvalue weighted by Gasteiger charge is 2.24. The van der Waals surface area contributed by atoms with Gasteiger partial charge in [0.05, 0.1) is 22.8 Å². The Morgan fingerprint density at radius 1 is 1.00 bits per heavy atom. The summed E-state index contributed by atoms with van der Waals surface area (Å²) in [6.45, 7) is 6.60. The highest BCUT2D eigenvalue weighted by atomic mass is 35.5. The minimum atomic E-state index is -0.288. The van der Waals surface area contributed by atoms with Crippen LogP contribution in [0.4, 0.5) is 11.4 Å². The zero-order chi connectivity index (χ0) is 21.8. The van der Waals surface area contributed by atoms with Gasteiger partial charge >= 0.3 is 0 Å². The van der Waals surface area contributed by atoms with Gasteiger partial charge in [-0.25, -0.2) is 0 Å². The van der Waals surface area contributed by atoms with Gasteiger partial charge in [0.25, 0.3) is 5.91 Å². The molecule has 8 heteroatoms. The Balaban J connectivity index is 1.65. The van der Waals surface area contributed by atoms with E-state index >= 15 is 0 Å². The predicted molar refractivity (Wildman–Crippen MR) is 121 cm³/mol. The smallest absolute Gasteiger partial charge is 0.255 e. The molecule has 0 atom stereocenters. The van der Waals surface area contributed by atoms with E-state index in [0.29, 0.717) is 53.2 Å². The number of halogens is 2. The van der Waals surface area contributed by atoms with E-state index in [-0.39, 0.29) is 17.7 Å². The third-order valence-electron chi connectivity index (χ3n) is 5.05. The van der Waals surface area contributed by atoms with E-state index in [2.05, 4.69) is 10.2 Å². The number of amides is 2. The van der Waals surface area contributed by atoms with Gasteiger partial charge in [0.15, 0.2) is 0 Å². The Labute approximate surface area is 186 Å². The van der Waals surface area contributed by atoms with Crippen LogP contribution in [0.25, 0.3) is 0 Å². The average molecular weight is 450 g/mol. The number of methoxy groups -OCH3 is 1. The van der Waals surface area contributed by atoms with E-state index in [1.165, 1.54) is 7.11 Å². The molecule has 0 unspecified atom stereocenters. The van der Waals surface area contributed by atoms with Gasteiger partial charge in [-0.2, -0.15) is 0 Å². The number of anilines is 2. The molecule has 0 radical (unpaired) electrons. The quantitative estimate of drug-likeness (QED) is 0.726. The third-order valence-corrected chi connectivity index (χ3v) is 5.64. The first-order chi connectivity index (χ1) is 14.3. The SMILES string of the molecule is COc1ccc(C(=O)Nc2ccc(N3CCN(C(=O)C(C)C)CC3)c(Cl)c2)cc1Cl. The molecular weight excluding hydrogens is 425 g/mol. The molecule has 0 aromatic heterocycles. The topological polar surface area (TPSA) is 61.9 Å². The molecule has 1 aliphatic rings. The summed E-state index contributed by atoms with van der Waals surface area (Å²) in [6, 6.07) is 10.3. The zero-order valence-corrected chi connectivity index (χ0v) is 18.8. The van der Waals surface area contributed by atoms with Crippen LogP contribution < -0.4 is 15.0 Å².